The van der Waals surface area contributed by atoms with E-state index in [-0.39, 0.29) is 0 Å². The first kappa shape index (κ1) is 18.8. The Kier molecular flexibility index (Phi) is 5.48. The van der Waals surface area contributed by atoms with E-state index in [0.717, 1.165) is 17.4 Å². The first-order valence-electron chi connectivity index (χ1n) is 8.35. The fourth-order valence-electron chi connectivity index (χ4n) is 3.22. The number of fused-ring (bicyclic) bond motifs is 1. The standard InChI is InChI=1S/C17H25N3O3S2/c1-12-14(13-6-4-5-7-17(13)24-12)10-20-9-8-15(16(21)11-20)18-25(22,23)19(2)3/h4-7,15-16,18,21H,8-11H2,1-3H3/t15-,16-/m1/s1. The second-order valence-corrected chi connectivity index (χ2v) is 9.91. The summed E-state index contributed by atoms with van der Waals surface area (Å²) in [6.45, 7) is 4.12. The van der Waals surface area contributed by atoms with E-state index >= 15 is 0 Å². The highest BCUT2D eigenvalue weighted by atomic mass is 32.2. The average molecular weight is 384 g/mol. The maximum atomic E-state index is 12.0. The number of rotatable bonds is 5. The number of piperidine rings is 1. The minimum absolute atomic E-state index is 0.441. The first-order chi connectivity index (χ1) is 11.8. The van der Waals surface area contributed by atoms with Crippen molar-refractivity contribution >= 4 is 31.6 Å². The van der Waals surface area contributed by atoms with Crippen molar-refractivity contribution in [1.82, 2.24) is 13.9 Å². The quantitative estimate of drug-likeness (QED) is 0.822. The van der Waals surface area contributed by atoms with Gasteiger partial charge in [0.25, 0.3) is 10.2 Å². The molecule has 2 N–H and O–H groups in total. The lowest BCUT2D eigenvalue weighted by Crippen LogP contribution is -2.55. The summed E-state index contributed by atoms with van der Waals surface area (Å²) < 4.78 is 28.9. The Balaban J connectivity index is 1.68. The monoisotopic (exact) mass is 383 g/mol. The van der Waals surface area contributed by atoms with Crippen LogP contribution in [0.15, 0.2) is 24.3 Å². The molecular weight excluding hydrogens is 358 g/mol. The van der Waals surface area contributed by atoms with Crippen LogP contribution in [0.5, 0.6) is 0 Å². The van der Waals surface area contributed by atoms with Gasteiger partial charge in [-0.2, -0.15) is 17.4 Å². The van der Waals surface area contributed by atoms with Crippen molar-refractivity contribution in [2.24, 2.45) is 0 Å². The van der Waals surface area contributed by atoms with Crippen LogP contribution in [0.2, 0.25) is 0 Å². The molecule has 0 unspecified atom stereocenters. The molecule has 2 atom stereocenters. The van der Waals surface area contributed by atoms with Crippen LogP contribution >= 0.6 is 11.3 Å². The summed E-state index contributed by atoms with van der Waals surface area (Å²) in [5.74, 6) is 0. The lowest BCUT2D eigenvalue weighted by Gasteiger charge is -2.36. The number of aryl methyl sites for hydroxylation is 1. The van der Waals surface area contributed by atoms with Gasteiger partial charge in [-0.25, -0.2) is 0 Å². The van der Waals surface area contributed by atoms with Crippen LogP contribution in [0.25, 0.3) is 10.1 Å². The molecule has 138 valence electrons. The van der Waals surface area contributed by atoms with Gasteiger partial charge in [0, 0.05) is 43.3 Å². The normalized spacial score (nSPS) is 22.8. The minimum atomic E-state index is -3.53. The van der Waals surface area contributed by atoms with E-state index in [1.807, 2.05) is 6.07 Å². The van der Waals surface area contributed by atoms with Gasteiger partial charge in [0.1, 0.15) is 0 Å². The molecule has 2 heterocycles. The molecule has 0 saturated carbocycles. The molecule has 1 fully saturated rings. The summed E-state index contributed by atoms with van der Waals surface area (Å²) in [5, 5.41) is 11.7. The molecule has 2 aromatic rings. The zero-order valence-corrected chi connectivity index (χ0v) is 16.4. The zero-order chi connectivity index (χ0) is 18.2. The molecule has 0 bridgehead atoms. The lowest BCUT2D eigenvalue weighted by atomic mass is 10.0. The van der Waals surface area contributed by atoms with E-state index < -0.39 is 22.4 Å². The van der Waals surface area contributed by atoms with E-state index in [0.29, 0.717) is 13.0 Å². The average Bonchev–Trinajstić information content (AvgIpc) is 2.86. The van der Waals surface area contributed by atoms with Gasteiger partial charge in [0.15, 0.2) is 0 Å². The molecule has 1 aromatic heterocycles. The van der Waals surface area contributed by atoms with Gasteiger partial charge in [-0.1, -0.05) is 18.2 Å². The molecule has 1 aliphatic rings. The number of likely N-dealkylation sites (tertiary alicyclic amines) is 1. The predicted molar refractivity (Wildman–Crippen MR) is 102 cm³/mol. The van der Waals surface area contributed by atoms with Gasteiger partial charge in [-0.05, 0) is 30.4 Å². The Morgan fingerprint density at radius 2 is 2.08 bits per heavy atom. The molecule has 0 spiro atoms. The molecule has 0 radical (unpaired) electrons. The lowest BCUT2D eigenvalue weighted by molar-refractivity contribution is 0.0443. The van der Waals surface area contributed by atoms with Crippen molar-refractivity contribution in [3.8, 4) is 0 Å². The fourth-order valence-corrected chi connectivity index (χ4v) is 5.16. The Morgan fingerprint density at radius 3 is 2.76 bits per heavy atom. The van der Waals surface area contributed by atoms with Gasteiger partial charge in [-0.3, -0.25) is 4.90 Å². The number of aliphatic hydroxyl groups excluding tert-OH is 1. The Morgan fingerprint density at radius 1 is 1.36 bits per heavy atom. The third-order valence-corrected chi connectivity index (χ3v) is 7.42. The van der Waals surface area contributed by atoms with Crippen molar-refractivity contribution < 1.29 is 13.5 Å². The van der Waals surface area contributed by atoms with Gasteiger partial charge in [-0.15, -0.1) is 11.3 Å². The van der Waals surface area contributed by atoms with Crippen LogP contribution in [0, 0.1) is 6.92 Å². The minimum Gasteiger partial charge on any atom is -0.390 e. The molecule has 1 saturated heterocycles. The fraction of sp³-hybridized carbons (Fsp3) is 0.529. The SMILES string of the molecule is Cc1sc2ccccc2c1CN1CC[C@@H](NS(=O)(=O)N(C)C)[C@H](O)C1. The van der Waals surface area contributed by atoms with Crippen LogP contribution in [0.4, 0.5) is 0 Å². The highest BCUT2D eigenvalue weighted by Gasteiger charge is 2.31. The second kappa shape index (κ2) is 7.30. The highest BCUT2D eigenvalue weighted by Crippen LogP contribution is 2.32. The molecule has 8 heteroatoms. The predicted octanol–water partition coefficient (Wildman–Crippen LogP) is 1.54. The largest absolute Gasteiger partial charge is 0.390 e. The number of nitrogens with one attached hydrogen (secondary N) is 1. The molecule has 0 aliphatic carbocycles. The molecule has 1 aromatic carbocycles. The number of aliphatic hydroxyl groups is 1. The van der Waals surface area contributed by atoms with Crippen LogP contribution < -0.4 is 4.72 Å². The van der Waals surface area contributed by atoms with Crippen LogP contribution in [-0.2, 0) is 16.8 Å². The summed E-state index contributed by atoms with van der Waals surface area (Å²) in [6, 6.07) is 7.93. The van der Waals surface area contributed by atoms with Gasteiger partial charge < -0.3 is 5.11 Å². The van der Waals surface area contributed by atoms with Crippen molar-refractivity contribution in [1.29, 1.82) is 0 Å². The second-order valence-electron chi connectivity index (χ2n) is 6.74. The number of benzene rings is 1. The van der Waals surface area contributed by atoms with Crippen molar-refractivity contribution in [2.75, 3.05) is 27.2 Å². The Bertz CT molecular complexity index is 848. The molecular formula is C17H25N3O3S2. The molecule has 0 amide bonds. The maximum Gasteiger partial charge on any atom is 0.279 e. The first-order valence-corrected chi connectivity index (χ1v) is 10.6. The number of β-amino-alcohol motifs (C(OH)–C–C–N with tert-alkyl or cyclic N) is 1. The number of hydrogen-bond acceptors (Lipinski definition) is 5. The molecule has 3 rings (SSSR count). The van der Waals surface area contributed by atoms with E-state index in [1.165, 1.54) is 34.6 Å². The third-order valence-electron chi connectivity index (χ3n) is 4.73. The summed E-state index contributed by atoms with van der Waals surface area (Å²) in [6.07, 6.45) is -0.122. The molecule has 1 aliphatic heterocycles. The van der Waals surface area contributed by atoms with Crippen molar-refractivity contribution in [2.45, 2.75) is 32.0 Å². The van der Waals surface area contributed by atoms with Crippen molar-refractivity contribution in [3.63, 3.8) is 0 Å². The van der Waals surface area contributed by atoms with E-state index in [4.69, 9.17) is 0 Å². The van der Waals surface area contributed by atoms with Gasteiger partial charge in [0.2, 0.25) is 0 Å². The van der Waals surface area contributed by atoms with E-state index in [9.17, 15) is 13.5 Å². The van der Waals surface area contributed by atoms with Gasteiger partial charge in [0.05, 0.1) is 12.1 Å². The number of nitrogens with zero attached hydrogens (tertiary/aromatic N) is 2. The summed E-state index contributed by atoms with van der Waals surface area (Å²) in [5.41, 5.74) is 1.31. The highest BCUT2D eigenvalue weighted by molar-refractivity contribution is 7.87. The summed E-state index contributed by atoms with van der Waals surface area (Å²) in [4.78, 5) is 3.50. The number of thiophene rings is 1. The van der Waals surface area contributed by atoms with Crippen LogP contribution in [0.1, 0.15) is 16.9 Å². The Hall–Kier alpha value is -1.03. The van der Waals surface area contributed by atoms with Crippen molar-refractivity contribution in [3.05, 3.63) is 34.7 Å². The summed E-state index contributed by atoms with van der Waals surface area (Å²) in [7, 11) is -0.566. The van der Waals surface area contributed by atoms with Crippen LogP contribution in [-0.4, -0.2) is 62.1 Å². The smallest absolute Gasteiger partial charge is 0.279 e. The topological polar surface area (TPSA) is 72.9 Å². The molecule has 6 nitrogen and oxygen atoms in total. The Labute approximate surface area is 153 Å². The zero-order valence-electron chi connectivity index (χ0n) is 14.8. The summed E-state index contributed by atoms with van der Waals surface area (Å²) >= 11 is 1.79. The number of hydrogen-bond donors (Lipinski definition) is 2. The van der Waals surface area contributed by atoms with Crippen LogP contribution in [0.3, 0.4) is 0 Å². The van der Waals surface area contributed by atoms with Gasteiger partial charge >= 0.3 is 0 Å². The third kappa shape index (κ3) is 4.05. The van der Waals surface area contributed by atoms with E-state index in [2.05, 4.69) is 34.7 Å². The maximum absolute atomic E-state index is 12.0. The van der Waals surface area contributed by atoms with E-state index in [1.54, 1.807) is 11.3 Å². The molecule has 25 heavy (non-hydrogen) atoms.